The Morgan fingerprint density at radius 1 is 1.27 bits per heavy atom. The van der Waals surface area contributed by atoms with Crippen molar-refractivity contribution < 1.29 is 5.11 Å². The summed E-state index contributed by atoms with van der Waals surface area (Å²) in [5.41, 5.74) is 3.16. The lowest BCUT2D eigenvalue weighted by atomic mass is 9.88. The van der Waals surface area contributed by atoms with Crippen molar-refractivity contribution in [1.82, 2.24) is 0 Å². The molecule has 0 amide bonds. The predicted octanol–water partition coefficient (Wildman–Crippen LogP) is 2.66. The van der Waals surface area contributed by atoms with Crippen LogP contribution in [0.5, 0.6) is 0 Å². The van der Waals surface area contributed by atoms with Gasteiger partial charge in [0.15, 0.2) is 0 Å². The van der Waals surface area contributed by atoms with Gasteiger partial charge in [-0.15, -0.1) is 0 Å². The predicted molar refractivity (Wildman–Crippen MR) is 60.8 cm³/mol. The van der Waals surface area contributed by atoms with Gasteiger partial charge in [0.25, 0.3) is 0 Å². The Labute approximate surface area is 91.1 Å². The van der Waals surface area contributed by atoms with Crippen LogP contribution in [0.3, 0.4) is 0 Å². The lowest BCUT2D eigenvalue weighted by molar-refractivity contribution is 0.259. The molecule has 1 heteroatoms. The molecule has 2 saturated carbocycles. The minimum atomic E-state index is 0.364. The molecule has 2 atom stereocenters. The first-order valence-electron chi connectivity index (χ1n) is 5.95. The summed E-state index contributed by atoms with van der Waals surface area (Å²) in [5.74, 6) is 1.39. The molecule has 2 aliphatic rings. The summed E-state index contributed by atoms with van der Waals surface area (Å²) in [4.78, 5) is 0. The molecule has 0 radical (unpaired) electrons. The molecule has 0 spiro atoms. The van der Waals surface area contributed by atoms with E-state index in [2.05, 4.69) is 31.2 Å². The van der Waals surface area contributed by atoms with Gasteiger partial charge in [-0.2, -0.15) is 0 Å². The van der Waals surface area contributed by atoms with Crippen molar-refractivity contribution in [3.8, 4) is 0 Å². The molecular formula is C14H18O. The van der Waals surface area contributed by atoms with E-state index in [0.717, 1.165) is 5.92 Å². The number of aliphatic hydroxyl groups is 1. The maximum Gasteiger partial charge on any atom is 0.0468 e. The molecule has 0 bridgehead atoms. The monoisotopic (exact) mass is 202 g/mol. The van der Waals surface area contributed by atoms with Gasteiger partial charge in [-0.05, 0) is 43.6 Å². The molecule has 0 aliphatic heterocycles. The highest BCUT2D eigenvalue weighted by atomic mass is 16.3. The minimum absolute atomic E-state index is 0.364. The molecule has 1 aromatic rings. The molecule has 1 aromatic carbocycles. The summed E-state index contributed by atoms with van der Waals surface area (Å²) in [7, 11) is 0. The SMILES string of the molecule is Cc1ccc(C2(C3CC3)CC2CO)cc1. The van der Waals surface area contributed by atoms with E-state index < -0.39 is 0 Å². The Kier molecular flexibility index (Phi) is 1.93. The van der Waals surface area contributed by atoms with Crippen LogP contribution in [0.15, 0.2) is 24.3 Å². The van der Waals surface area contributed by atoms with Crippen LogP contribution >= 0.6 is 0 Å². The molecule has 80 valence electrons. The zero-order chi connectivity index (χ0) is 10.5. The third kappa shape index (κ3) is 1.33. The van der Waals surface area contributed by atoms with Gasteiger partial charge < -0.3 is 5.11 Å². The van der Waals surface area contributed by atoms with E-state index in [-0.39, 0.29) is 0 Å². The molecule has 2 fully saturated rings. The molecule has 2 unspecified atom stereocenters. The van der Waals surface area contributed by atoms with Gasteiger partial charge in [0.05, 0.1) is 0 Å². The van der Waals surface area contributed by atoms with E-state index in [0.29, 0.717) is 17.9 Å². The van der Waals surface area contributed by atoms with Crippen LogP contribution in [0.25, 0.3) is 0 Å². The van der Waals surface area contributed by atoms with Gasteiger partial charge in [0.2, 0.25) is 0 Å². The summed E-state index contributed by atoms with van der Waals surface area (Å²) in [6.45, 7) is 2.49. The van der Waals surface area contributed by atoms with Crippen LogP contribution in [0.1, 0.15) is 30.4 Å². The average Bonchev–Trinajstić information content (AvgIpc) is 3.12. The Morgan fingerprint density at radius 2 is 1.93 bits per heavy atom. The zero-order valence-electron chi connectivity index (χ0n) is 9.24. The number of hydrogen-bond acceptors (Lipinski definition) is 1. The largest absolute Gasteiger partial charge is 0.396 e. The normalized spacial score (nSPS) is 34.1. The maximum atomic E-state index is 9.33. The molecule has 15 heavy (non-hydrogen) atoms. The average molecular weight is 202 g/mol. The van der Waals surface area contributed by atoms with Gasteiger partial charge in [-0.1, -0.05) is 29.8 Å². The molecule has 2 aliphatic carbocycles. The first kappa shape index (κ1) is 9.41. The maximum absolute atomic E-state index is 9.33. The van der Waals surface area contributed by atoms with Crippen LogP contribution < -0.4 is 0 Å². The number of hydrogen-bond donors (Lipinski definition) is 1. The fourth-order valence-corrected chi connectivity index (χ4v) is 3.13. The summed E-state index contributed by atoms with van der Waals surface area (Å²) >= 11 is 0. The first-order chi connectivity index (χ1) is 7.27. The van der Waals surface area contributed by atoms with E-state index in [1.165, 1.54) is 30.4 Å². The van der Waals surface area contributed by atoms with Crippen molar-refractivity contribution in [2.75, 3.05) is 6.61 Å². The number of aryl methyl sites for hydroxylation is 1. The summed E-state index contributed by atoms with van der Waals surface area (Å²) < 4.78 is 0. The van der Waals surface area contributed by atoms with Gasteiger partial charge in [-0.25, -0.2) is 0 Å². The Hall–Kier alpha value is -0.820. The summed E-state index contributed by atoms with van der Waals surface area (Å²) in [5, 5.41) is 9.33. The lowest BCUT2D eigenvalue weighted by Crippen LogP contribution is -2.14. The van der Waals surface area contributed by atoms with E-state index in [1.807, 2.05) is 0 Å². The van der Waals surface area contributed by atoms with Crippen LogP contribution in [-0.4, -0.2) is 11.7 Å². The van der Waals surface area contributed by atoms with Crippen molar-refractivity contribution in [2.45, 2.75) is 31.6 Å². The standard InChI is InChI=1S/C14H18O/c1-10-2-4-11(5-3-10)14(12-6-7-12)8-13(14)9-15/h2-5,12-13,15H,6-9H2,1H3. The van der Waals surface area contributed by atoms with Crippen LogP contribution in [-0.2, 0) is 5.41 Å². The quantitative estimate of drug-likeness (QED) is 0.799. The fraction of sp³-hybridized carbons (Fsp3) is 0.571. The summed E-state index contributed by atoms with van der Waals surface area (Å²) in [6.07, 6.45) is 3.94. The topological polar surface area (TPSA) is 20.2 Å². The van der Waals surface area contributed by atoms with E-state index in [9.17, 15) is 5.11 Å². The smallest absolute Gasteiger partial charge is 0.0468 e. The molecule has 1 nitrogen and oxygen atoms in total. The third-order valence-corrected chi connectivity index (χ3v) is 4.27. The van der Waals surface area contributed by atoms with Gasteiger partial charge in [0.1, 0.15) is 0 Å². The minimum Gasteiger partial charge on any atom is -0.396 e. The van der Waals surface area contributed by atoms with Crippen molar-refractivity contribution >= 4 is 0 Å². The Bertz CT molecular complexity index is 363. The van der Waals surface area contributed by atoms with Crippen molar-refractivity contribution in [1.29, 1.82) is 0 Å². The number of benzene rings is 1. The van der Waals surface area contributed by atoms with Gasteiger partial charge in [-0.3, -0.25) is 0 Å². The highest BCUT2D eigenvalue weighted by Crippen LogP contribution is 2.65. The Balaban J connectivity index is 1.93. The zero-order valence-corrected chi connectivity index (χ0v) is 9.24. The third-order valence-electron chi connectivity index (χ3n) is 4.27. The molecule has 0 heterocycles. The lowest BCUT2D eigenvalue weighted by Gasteiger charge is -2.17. The van der Waals surface area contributed by atoms with Gasteiger partial charge in [0, 0.05) is 12.0 Å². The molecule has 1 N–H and O–H groups in total. The first-order valence-corrected chi connectivity index (χ1v) is 5.95. The number of rotatable bonds is 3. The van der Waals surface area contributed by atoms with Crippen LogP contribution in [0.2, 0.25) is 0 Å². The van der Waals surface area contributed by atoms with E-state index in [1.54, 1.807) is 0 Å². The molecular weight excluding hydrogens is 184 g/mol. The molecule has 0 aromatic heterocycles. The van der Waals surface area contributed by atoms with Crippen molar-refractivity contribution in [2.24, 2.45) is 11.8 Å². The Morgan fingerprint density at radius 3 is 2.40 bits per heavy atom. The molecule has 3 rings (SSSR count). The van der Waals surface area contributed by atoms with Crippen molar-refractivity contribution in [3.63, 3.8) is 0 Å². The second-order valence-corrected chi connectivity index (χ2v) is 5.26. The highest BCUT2D eigenvalue weighted by molar-refractivity contribution is 5.38. The highest BCUT2D eigenvalue weighted by Gasteiger charge is 2.62. The number of aliphatic hydroxyl groups excluding tert-OH is 1. The van der Waals surface area contributed by atoms with E-state index in [4.69, 9.17) is 0 Å². The van der Waals surface area contributed by atoms with E-state index >= 15 is 0 Å². The second kappa shape index (κ2) is 3.08. The van der Waals surface area contributed by atoms with Crippen LogP contribution in [0.4, 0.5) is 0 Å². The van der Waals surface area contributed by atoms with Gasteiger partial charge >= 0.3 is 0 Å². The molecule has 0 saturated heterocycles. The summed E-state index contributed by atoms with van der Waals surface area (Å²) in [6, 6.07) is 8.94. The van der Waals surface area contributed by atoms with Crippen molar-refractivity contribution in [3.05, 3.63) is 35.4 Å². The second-order valence-electron chi connectivity index (χ2n) is 5.26. The fourth-order valence-electron chi connectivity index (χ4n) is 3.13. The van der Waals surface area contributed by atoms with Crippen LogP contribution in [0, 0.1) is 18.8 Å².